The van der Waals surface area contributed by atoms with Gasteiger partial charge in [0.15, 0.2) is 0 Å². The second kappa shape index (κ2) is 8.34. The van der Waals surface area contributed by atoms with Gasteiger partial charge in [-0.3, -0.25) is 0 Å². The summed E-state index contributed by atoms with van der Waals surface area (Å²) in [5, 5.41) is 3.66. The molecule has 2 heteroatoms. The van der Waals surface area contributed by atoms with Crippen LogP contribution >= 0.6 is 0 Å². The zero-order chi connectivity index (χ0) is 13.3. The summed E-state index contributed by atoms with van der Waals surface area (Å²) >= 11 is 0. The van der Waals surface area contributed by atoms with Gasteiger partial charge < -0.3 is 10.1 Å². The number of benzene rings is 1. The molecule has 2 nitrogen and oxygen atoms in total. The fraction of sp³-hybridized carbons (Fsp3) is 0.647. The van der Waals surface area contributed by atoms with Crippen molar-refractivity contribution in [1.29, 1.82) is 0 Å². The van der Waals surface area contributed by atoms with E-state index in [0.29, 0.717) is 6.04 Å². The summed E-state index contributed by atoms with van der Waals surface area (Å²) in [6.45, 7) is 1.77. The van der Waals surface area contributed by atoms with E-state index in [1.165, 1.54) is 44.1 Å². The Morgan fingerprint density at radius 1 is 1.16 bits per heavy atom. The highest BCUT2D eigenvalue weighted by atomic mass is 16.5. The van der Waals surface area contributed by atoms with E-state index in [4.69, 9.17) is 4.74 Å². The maximum absolute atomic E-state index is 5.37. The lowest BCUT2D eigenvalue weighted by Gasteiger charge is -2.27. The van der Waals surface area contributed by atoms with Crippen LogP contribution in [-0.4, -0.2) is 19.8 Å². The first-order valence-corrected chi connectivity index (χ1v) is 7.64. The van der Waals surface area contributed by atoms with Crippen LogP contribution in [0.4, 0.5) is 0 Å². The Balaban J connectivity index is 1.78. The fourth-order valence-electron chi connectivity index (χ4n) is 3.09. The number of hydrogen-bond donors (Lipinski definition) is 1. The third kappa shape index (κ3) is 5.33. The zero-order valence-electron chi connectivity index (χ0n) is 12.1. The van der Waals surface area contributed by atoms with Crippen LogP contribution in [0.1, 0.15) is 44.1 Å². The Labute approximate surface area is 117 Å². The summed E-state index contributed by atoms with van der Waals surface area (Å²) in [5.41, 5.74) is 1.35. The molecule has 0 saturated heterocycles. The predicted molar refractivity (Wildman–Crippen MR) is 80.1 cm³/mol. The van der Waals surface area contributed by atoms with Gasteiger partial charge in [-0.05, 0) is 17.9 Å². The molecule has 106 valence electrons. The lowest BCUT2D eigenvalue weighted by atomic mass is 9.85. The van der Waals surface area contributed by atoms with Crippen LogP contribution in [-0.2, 0) is 11.3 Å². The molecule has 0 amide bonds. The van der Waals surface area contributed by atoms with Crippen LogP contribution in [0.25, 0.3) is 0 Å². The normalized spacial score (nSPS) is 18.4. The zero-order valence-corrected chi connectivity index (χ0v) is 12.1. The molecule has 2 rings (SSSR count). The van der Waals surface area contributed by atoms with E-state index in [2.05, 4.69) is 35.6 Å². The summed E-state index contributed by atoms with van der Waals surface area (Å²) in [4.78, 5) is 0. The molecule has 1 aliphatic rings. The molecule has 0 heterocycles. The largest absolute Gasteiger partial charge is 0.383 e. The Morgan fingerprint density at radius 2 is 1.89 bits per heavy atom. The smallest absolute Gasteiger partial charge is 0.0616 e. The quantitative estimate of drug-likeness (QED) is 0.807. The number of nitrogens with one attached hydrogen (secondary N) is 1. The van der Waals surface area contributed by atoms with Gasteiger partial charge in [-0.1, -0.05) is 62.4 Å². The molecular weight excluding hydrogens is 234 g/mol. The Morgan fingerprint density at radius 3 is 2.58 bits per heavy atom. The molecular formula is C17H27NO. The van der Waals surface area contributed by atoms with Crippen molar-refractivity contribution in [3.63, 3.8) is 0 Å². The molecule has 0 aliphatic heterocycles. The van der Waals surface area contributed by atoms with Crippen LogP contribution in [0.15, 0.2) is 30.3 Å². The number of hydrogen-bond acceptors (Lipinski definition) is 2. The summed E-state index contributed by atoms with van der Waals surface area (Å²) in [6, 6.07) is 11.1. The predicted octanol–water partition coefficient (Wildman–Crippen LogP) is 3.76. The van der Waals surface area contributed by atoms with Crippen molar-refractivity contribution in [2.24, 2.45) is 5.92 Å². The van der Waals surface area contributed by atoms with Crippen LogP contribution in [0.5, 0.6) is 0 Å². The molecule has 1 aliphatic carbocycles. The second-order valence-corrected chi connectivity index (χ2v) is 5.76. The minimum atomic E-state index is 0.494. The number of rotatable bonds is 7. The number of methoxy groups -OCH3 is 1. The van der Waals surface area contributed by atoms with Crippen LogP contribution < -0.4 is 5.32 Å². The fourth-order valence-corrected chi connectivity index (χ4v) is 3.09. The first-order valence-electron chi connectivity index (χ1n) is 7.64. The number of ether oxygens (including phenoxy) is 1. The van der Waals surface area contributed by atoms with Crippen molar-refractivity contribution < 1.29 is 4.74 Å². The van der Waals surface area contributed by atoms with Crippen molar-refractivity contribution in [2.75, 3.05) is 13.7 Å². The monoisotopic (exact) mass is 261 g/mol. The topological polar surface area (TPSA) is 21.3 Å². The SMILES string of the molecule is COCC(CC1CCCCC1)NCc1ccccc1. The van der Waals surface area contributed by atoms with E-state index >= 15 is 0 Å². The summed E-state index contributed by atoms with van der Waals surface area (Å²) in [6.07, 6.45) is 8.36. The third-order valence-electron chi connectivity index (χ3n) is 4.15. The van der Waals surface area contributed by atoms with Gasteiger partial charge in [0.05, 0.1) is 6.61 Å². The minimum Gasteiger partial charge on any atom is -0.383 e. The molecule has 1 N–H and O–H groups in total. The minimum absolute atomic E-state index is 0.494. The maximum Gasteiger partial charge on any atom is 0.0616 e. The van der Waals surface area contributed by atoms with Crippen molar-refractivity contribution in [3.05, 3.63) is 35.9 Å². The first-order chi connectivity index (χ1) is 9.38. The Kier molecular flexibility index (Phi) is 6.38. The van der Waals surface area contributed by atoms with Gasteiger partial charge in [0.25, 0.3) is 0 Å². The van der Waals surface area contributed by atoms with Gasteiger partial charge in [-0.15, -0.1) is 0 Å². The van der Waals surface area contributed by atoms with Crippen molar-refractivity contribution in [3.8, 4) is 0 Å². The molecule has 0 bridgehead atoms. The van der Waals surface area contributed by atoms with Crippen LogP contribution in [0.3, 0.4) is 0 Å². The third-order valence-corrected chi connectivity index (χ3v) is 4.15. The molecule has 1 saturated carbocycles. The van der Waals surface area contributed by atoms with Gasteiger partial charge in [0, 0.05) is 19.7 Å². The summed E-state index contributed by atoms with van der Waals surface area (Å²) in [7, 11) is 1.80. The van der Waals surface area contributed by atoms with Gasteiger partial charge in [-0.2, -0.15) is 0 Å². The molecule has 19 heavy (non-hydrogen) atoms. The molecule has 0 radical (unpaired) electrons. The maximum atomic E-state index is 5.37. The molecule has 1 aromatic rings. The van der Waals surface area contributed by atoms with Crippen molar-refractivity contribution in [2.45, 2.75) is 51.1 Å². The van der Waals surface area contributed by atoms with Crippen molar-refractivity contribution >= 4 is 0 Å². The molecule has 0 spiro atoms. The highest BCUT2D eigenvalue weighted by molar-refractivity contribution is 5.14. The Hall–Kier alpha value is -0.860. The highest BCUT2D eigenvalue weighted by Gasteiger charge is 2.18. The highest BCUT2D eigenvalue weighted by Crippen LogP contribution is 2.27. The van der Waals surface area contributed by atoms with Crippen LogP contribution in [0, 0.1) is 5.92 Å². The van der Waals surface area contributed by atoms with Gasteiger partial charge in [0.1, 0.15) is 0 Å². The molecule has 0 aromatic heterocycles. The van der Waals surface area contributed by atoms with Gasteiger partial charge >= 0.3 is 0 Å². The first kappa shape index (κ1) is 14.5. The lowest BCUT2D eigenvalue weighted by molar-refractivity contribution is 0.147. The van der Waals surface area contributed by atoms with E-state index in [-0.39, 0.29) is 0 Å². The second-order valence-electron chi connectivity index (χ2n) is 5.76. The van der Waals surface area contributed by atoms with E-state index in [1.807, 2.05) is 0 Å². The lowest BCUT2D eigenvalue weighted by Crippen LogP contribution is -2.35. The van der Waals surface area contributed by atoms with Crippen molar-refractivity contribution in [1.82, 2.24) is 5.32 Å². The van der Waals surface area contributed by atoms with E-state index in [0.717, 1.165) is 19.1 Å². The van der Waals surface area contributed by atoms with E-state index in [1.54, 1.807) is 7.11 Å². The summed E-state index contributed by atoms with van der Waals surface area (Å²) < 4.78 is 5.37. The van der Waals surface area contributed by atoms with Gasteiger partial charge in [0.2, 0.25) is 0 Å². The average Bonchev–Trinajstić information content (AvgIpc) is 2.47. The molecule has 1 aromatic carbocycles. The van der Waals surface area contributed by atoms with Gasteiger partial charge in [-0.25, -0.2) is 0 Å². The molecule has 1 fully saturated rings. The Bertz CT molecular complexity index is 332. The summed E-state index contributed by atoms with van der Waals surface area (Å²) in [5.74, 6) is 0.900. The van der Waals surface area contributed by atoms with E-state index in [9.17, 15) is 0 Å². The standard InChI is InChI=1S/C17H27NO/c1-19-14-17(12-15-8-4-2-5-9-15)18-13-16-10-6-3-7-11-16/h3,6-7,10-11,15,17-18H,2,4-5,8-9,12-14H2,1H3. The molecule has 1 unspecified atom stereocenters. The van der Waals surface area contributed by atoms with E-state index < -0.39 is 0 Å². The average molecular weight is 261 g/mol. The molecule has 1 atom stereocenters. The van der Waals surface area contributed by atoms with Crippen LogP contribution in [0.2, 0.25) is 0 Å².